The molecule has 0 aromatic heterocycles. The third kappa shape index (κ3) is 3.98. The number of hydrogen-bond acceptors (Lipinski definition) is 2. The highest BCUT2D eigenvalue weighted by atomic mass is 35.5. The first-order valence-corrected chi connectivity index (χ1v) is 7.78. The first kappa shape index (κ1) is 18.5. The van der Waals surface area contributed by atoms with E-state index in [9.17, 15) is 17.6 Å². The van der Waals surface area contributed by atoms with Crippen molar-refractivity contribution in [3.63, 3.8) is 0 Å². The summed E-state index contributed by atoms with van der Waals surface area (Å²) in [6.07, 6.45) is -1.45. The van der Waals surface area contributed by atoms with Gasteiger partial charge in [0.2, 0.25) is 0 Å². The molecular weight excluding hydrogens is 332 g/mol. The lowest BCUT2D eigenvalue weighted by atomic mass is 9.76. The molecule has 1 saturated carbocycles. The van der Waals surface area contributed by atoms with Crippen LogP contribution in [0.5, 0.6) is 0 Å². The van der Waals surface area contributed by atoms with Gasteiger partial charge >= 0.3 is 6.18 Å². The summed E-state index contributed by atoms with van der Waals surface area (Å²) < 4.78 is 52.4. The van der Waals surface area contributed by atoms with Gasteiger partial charge in [0.1, 0.15) is 5.82 Å². The molecule has 1 aliphatic carbocycles. The predicted octanol–water partition coefficient (Wildman–Crippen LogP) is 4.01. The molecule has 130 valence electrons. The zero-order chi connectivity index (χ0) is 15.7. The van der Waals surface area contributed by atoms with Crippen LogP contribution in [0.15, 0.2) is 18.2 Å². The van der Waals surface area contributed by atoms with Gasteiger partial charge in [-0.05, 0) is 36.5 Å². The van der Waals surface area contributed by atoms with E-state index in [4.69, 9.17) is 0 Å². The number of piperazine rings is 1. The van der Waals surface area contributed by atoms with Crippen molar-refractivity contribution in [1.29, 1.82) is 0 Å². The van der Waals surface area contributed by atoms with Crippen LogP contribution in [0.3, 0.4) is 0 Å². The van der Waals surface area contributed by atoms with Crippen LogP contribution in [-0.2, 0) is 6.18 Å². The number of nitrogens with one attached hydrogen (secondary N) is 1. The SMILES string of the molecule is Cl.Fc1ccc([C@@H](C2CCC2)N2CCNCC2)cc1C(F)(F)F. The molecular formula is C16H21ClF4N2. The number of alkyl halides is 3. The summed E-state index contributed by atoms with van der Waals surface area (Å²) in [4.78, 5) is 2.24. The quantitative estimate of drug-likeness (QED) is 0.827. The molecule has 23 heavy (non-hydrogen) atoms. The number of hydrogen-bond donors (Lipinski definition) is 1. The van der Waals surface area contributed by atoms with E-state index in [1.54, 1.807) is 0 Å². The van der Waals surface area contributed by atoms with Crippen LogP contribution in [0, 0.1) is 11.7 Å². The van der Waals surface area contributed by atoms with Crippen LogP contribution in [0.1, 0.15) is 36.4 Å². The predicted molar refractivity (Wildman–Crippen MR) is 83.2 cm³/mol. The topological polar surface area (TPSA) is 15.3 Å². The lowest BCUT2D eigenvalue weighted by Gasteiger charge is -2.43. The van der Waals surface area contributed by atoms with E-state index in [1.165, 1.54) is 6.07 Å². The highest BCUT2D eigenvalue weighted by molar-refractivity contribution is 5.85. The van der Waals surface area contributed by atoms with Crippen LogP contribution < -0.4 is 5.32 Å². The van der Waals surface area contributed by atoms with Crippen molar-refractivity contribution < 1.29 is 17.6 Å². The molecule has 3 rings (SSSR count). The molecule has 1 heterocycles. The summed E-state index contributed by atoms with van der Waals surface area (Å²) in [5.41, 5.74) is -0.551. The molecule has 0 bridgehead atoms. The normalized spacial score (nSPS) is 21.4. The third-order valence-electron chi connectivity index (χ3n) is 4.78. The Morgan fingerprint density at radius 3 is 2.30 bits per heavy atom. The molecule has 7 heteroatoms. The Balaban J connectivity index is 0.00000192. The van der Waals surface area contributed by atoms with Gasteiger partial charge in [-0.15, -0.1) is 12.4 Å². The fraction of sp³-hybridized carbons (Fsp3) is 0.625. The van der Waals surface area contributed by atoms with E-state index in [-0.39, 0.29) is 18.4 Å². The van der Waals surface area contributed by atoms with Crippen LogP contribution in [0.25, 0.3) is 0 Å². The Morgan fingerprint density at radius 2 is 1.78 bits per heavy atom. The smallest absolute Gasteiger partial charge is 0.314 e. The lowest BCUT2D eigenvalue weighted by Crippen LogP contribution is -2.47. The maximum atomic E-state index is 13.5. The summed E-state index contributed by atoms with van der Waals surface area (Å²) in [6, 6.07) is 3.47. The van der Waals surface area contributed by atoms with Crippen LogP contribution >= 0.6 is 12.4 Å². The first-order valence-electron chi connectivity index (χ1n) is 7.78. The Bertz CT molecular complexity index is 525. The second-order valence-corrected chi connectivity index (χ2v) is 6.16. The summed E-state index contributed by atoms with van der Waals surface area (Å²) in [6.45, 7) is 3.33. The standard InChI is InChI=1S/C16H20F4N2.ClH/c17-14-5-4-12(10-13(14)16(18,19)20)15(11-2-1-3-11)22-8-6-21-7-9-22;/h4-5,10-11,15,21H,1-3,6-9H2;1H/t15-;/m1./s1. The summed E-state index contributed by atoms with van der Waals surface area (Å²) >= 11 is 0. The molecule has 1 saturated heterocycles. The second-order valence-electron chi connectivity index (χ2n) is 6.16. The van der Waals surface area contributed by atoms with Gasteiger partial charge < -0.3 is 5.32 Å². The maximum absolute atomic E-state index is 13.5. The minimum Gasteiger partial charge on any atom is -0.314 e. The number of halogens is 5. The maximum Gasteiger partial charge on any atom is 0.419 e. The summed E-state index contributed by atoms with van der Waals surface area (Å²) in [5, 5.41) is 3.26. The van der Waals surface area contributed by atoms with Gasteiger partial charge in [0.05, 0.1) is 5.56 Å². The minimum atomic E-state index is -4.65. The van der Waals surface area contributed by atoms with Crippen molar-refractivity contribution in [2.24, 2.45) is 5.92 Å². The molecule has 2 aliphatic rings. The van der Waals surface area contributed by atoms with Crippen LogP contribution in [0.4, 0.5) is 17.6 Å². The summed E-state index contributed by atoms with van der Waals surface area (Å²) in [7, 11) is 0. The highest BCUT2D eigenvalue weighted by Gasteiger charge is 2.38. The van der Waals surface area contributed by atoms with Gasteiger partial charge in [-0.25, -0.2) is 4.39 Å². The zero-order valence-electron chi connectivity index (χ0n) is 12.7. The van der Waals surface area contributed by atoms with Gasteiger partial charge in [0.15, 0.2) is 0 Å². The van der Waals surface area contributed by atoms with Gasteiger partial charge in [0.25, 0.3) is 0 Å². The fourth-order valence-corrected chi connectivity index (χ4v) is 3.44. The third-order valence-corrected chi connectivity index (χ3v) is 4.78. The summed E-state index contributed by atoms with van der Waals surface area (Å²) in [5.74, 6) is -0.812. The van der Waals surface area contributed by atoms with E-state index >= 15 is 0 Å². The van der Waals surface area contributed by atoms with Crippen molar-refractivity contribution in [2.75, 3.05) is 26.2 Å². The molecule has 0 unspecified atom stereocenters. The molecule has 1 aromatic rings. The molecule has 1 atom stereocenters. The van der Waals surface area contributed by atoms with Gasteiger partial charge in [-0.1, -0.05) is 12.5 Å². The number of nitrogens with zero attached hydrogens (tertiary/aromatic N) is 1. The number of rotatable bonds is 3. The van der Waals surface area contributed by atoms with Crippen molar-refractivity contribution in [3.05, 3.63) is 35.1 Å². The average molecular weight is 353 g/mol. The minimum absolute atomic E-state index is 0. The van der Waals surface area contributed by atoms with Crippen molar-refractivity contribution in [3.8, 4) is 0 Å². The second kappa shape index (κ2) is 7.36. The molecule has 1 aromatic carbocycles. The van der Waals surface area contributed by atoms with Crippen LogP contribution in [-0.4, -0.2) is 31.1 Å². The van der Waals surface area contributed by atoms with E-state index in [1.807, 2.05) is 0 Å². The van der Waals surface area contributed by atoms with Gasteiger partial charge in [0, 0.05) is 32.2 Å². The molecule has 0 radical (unpaired) electrons. The van der Waals surface area contributed by atoms with Crippen molar-refractivity contribution in [2.45, 2.75) is 31.5 Å². The Labute approximate surface area is 139 Å². The molecule has 1 aliphatic heterocycles. The Kier molecular flexibility index (Phi) is 5.92. The van der Waals surface area contributed by atoms with E-state index < -0.39 is 17.6 Å². The molecule has 2 fully saturated rings. The van der Waals surface area contributed by atoms with Crippen molar-refractivity contribution >= 4 is 12.4 Å². The largest absolute Gasteiger partial charge is 0.419 e. The van der Waals surface area contributed by atoms with Gasteiger partial charge in [-0.3, -0.25) is 4.90 Å². The molecule has 0 amide bonds. The van der Waals surface area contributed by atoms with Crippen molar-refractivity contribution in [1.82, 2.24) is 10.2 Å². The number of benzene rings is 1. The monoisotopic (exact) mass is 352 g/mol. The zero-order valence-corrected chi connectivity index (χ0v) is 13.5. The lowest BCUT2D eigenvalue weighted by molar-refractivity contribution is -0.140. The molecule has 2 nitrogen and oxygen atoms in total. The van der Waals surface area contributed by atoms with Gasteiger partial charge in [-0.2, -0.15) is 13.2 Å². The van der Waals surface area contributed by atoms with E-state index in [2.05, 4.69) is 10.2 Å². The molecule has 1 N–H and O–H groups in total. The Morgan fingerprint density at radius 1 is 1.13 bits per heavy atom. The fourth-order valence-electron chi connectivity index (χ4n) is 3.44. The average Bonchev–Trinajstić information content (AvgIpc) is 2.43. The van der Waals surface area contributed by atoms with E-state index in [0.29, 0.717) is 11.5 Å². The molecule has 0 spiro atoms. The van der Waals surface area contributed by atoms with E-state index in [0.717, 1.165) is 57.6 Å². The Hall–Kier alpha value is -0.850. The highest BCUT2D eigenvalue weighted by Crippen LogP contribution is 2.43. The first-order chi connectivity index (χ1) is 10.5. The van der Waals surface area contributed by atoms with Crippen LogP contribution in [0.2, 0.25) is 0 Å².